The summed E-state index contributed by atoms with van der Waals surface area (Å²) in [5, 5.41) is 18.1. The summed E-state index contributed by atoms with van der Waals surface area (Å²) >= 11 is 6.60. The second kappa shape index (κ2) is 9.10. The maximum atomic E-state index is 10.5. The van der Waals surface area contributed by atoms with Gasteiger partial charge in [-0.15, -0.1) is 0 Å². The molecule has 1 saturated heterocycles. The van der Waals surface area contributed by atoms with Crippen LogP contribution in [0.1, 0.15) is 39.5 Å². The van der Waals surface area contributed by atoms with Gasteiger partial charge < -0.3 is 24.9 Å². The minimum atomic E-state index is 0.0798. The molecule has 0 bridgehead atoms. The zero-order valence-electron chi connectivity index (χ0n) is 17.2. The molecule has 1 aliphatic rings. The molecule has 0 aliphatic carbocycles. The molecular formula is C22H27ClN4O3. The van der Waals surface area contributed by atoms with E-state index < -0.39 is 0 Å². The van der Waals surface area contributed by atoms with Crippen molar-refractivity contribution in [1.29, 1.82) is 0 Å². The molecule has 0 spiro atoms. The Kier molecular flexibility index (Phi) is 6.29. The average molecular weight is 431 g/mol. The summed E-state index contributed by atoms with van der Waals surface area (Å²) in [4.78, 5) is 9.01. The predicted octanol–water partition coefficient (Wildman–Crippen LogP) is 4.98. The number of hydrogen-bond acceptors (Lipinski definition) is 7. The number of rotatable bonds is 7. The normalized spacial score (nSPS) is 16.9. The van der Waals surface area contributed by atoms with E-state index in [4.69, 9.17) is 20.8 Å². The lowest BCUT2D eigenvalue weighted by Crippen LogP contribution is -2.35. The number of nitrogens with zero attached hydrogens (tertiary/aromatic N) is 2. The summed E-state index contributed by atoms with van der Waals surface area (Å²) in [5.41, 5.74) is 1.47. The van der Waals surface area contributed by atoms with Gasteiger partial charge in [0.25, 0.3) is 6.01 Å². The number of nitrogens with one attached hydrogen (secondary N) is 2. The van der Waals surface area contributed by atoms with Crippen LogP contribution in [-0.2, 0) is 0 Å². The van der Waals surface area contributed by atoms with Gasteiger partial charge in [-0.25, -0.2) is 4.98 Å². The molecule has 1 aliphatic heterocycles. The Labute approximate surface area is 180 Å². The lowest BCUT2D eigenvalue weighted by Gasteiger charge is -2.23. The largest absolute Gasteiger partial charge is 0.507 e. The molecule has 3 aromatic rings. The highest BCUT2D eigenvalue weighted by atomic mass is 35.5. The van der Waals surface area contributed by atoms with Crippen molar-refractivity contribution in [2.24, 2.45) is 0 Å². The summed E-state index contributed by atoms with van der Waals surface area (Å²) in [6, 6.07) is 6.20. The molecular weight excluding hydrogens is 404 g/mol. The van der Waals surface area contributed by atoms with E-state index in [0.29, 0.717) is 51.7 Å². The van der Waals surface area contributed by atoms with Crippen molar-refractivity contribution < 1.29 is 14.3 Å². The fourth-order valence-electron chi connectivity index (χ4n) is 3.65. The Balaban J connectivity index is 1.56. The van der Waals surface area contributed by atoms with Gasteiger partial charge in [0.15, 0.2) is 0 Å². The summed E-state index contributed by atoms with van der Waals surface area (Å²) in [5.74, 6) is 0.641. The molecule has 3 N–H and O–H groups in total. The average Bonchev–Trinajstić information content (AvgIpc) is 3.18. The van der Waals surface area contributed by atoms with Crippen LogP contribution in [-0.4, -0.2) is 40.3 Å². The van der Waals surface area contributed by atoms with Crippen LogP contribution in [0, 0.1) is 0 Å². The summed E-state index contributed by atoms with van der Waals surface area (Å²) in [7, 11) is 0. The van der Waals surface area contributed by atoms with E-state index in [9.17, 15) is 5.11 Å². The number of piperidine rings is 1. The van der Waals surface area contributed by atoms with E-state index in [1.165, 1.54) is 25.5 Å². The van der Waals surface area contributed by atoms with E-state index in [2.05, 4.69) is 20.6 Å². The molecule has 1 aromatic carbocycles. The SMILES string of the molecule is CC(C)Nc1nc(-c2cc(O)c3ccc(OCCC4CCCCN4)c(Cl)c3n2)co1. The fraction of sp³-hybridized carbons (Fsp3) is 0.455. The van der Waals surface area contributed by atoms with Crippen LogP contribution in [0.2, 0.25) is 5.02 Å². The van der Waals surface area contributed by atoms with E-state index >= 15 is 0 Å². The van der Waals surface area contributed by atoms with Crippen LogP contribution in [0.25, 0.3) is 22.3 Å². The first-order valence-electron chi connectivity index (χ1n) is 10.4. The Morgan fingerprint density at radius 3 is 2.93 bits per heavy atom. The zero-order valence-corrected chi connectivity index (χ0v) is 18.0. The first-order chi connectivity index (χ1) is 14.5. The number of oxazole rings is 1. The molecule has 1 atom stereocenters. The van der Waals surface area contributed by atoms with Crippen molar-refractivity contribution in [3.05, 3.63) is 29.5 Å². The number of anilines is 1. The molecule has 4 rings (SSSR count). The summed E-state index contributed by atoms with van der Waals surface area (Å²) < 4.78 is 11.4. The predicted molar refractivity (Wildman–Crippen MR) is 118 cm³/mol. The van der Waals surface area contributed by atoms with Gasteiger partial charge in [0.05, 0.1) is 17.8 Å². The Morgan fingerprint density at radius 2 is 2.17 bits per heavy atom. The Hall–Kier alpha value is -2.51. The first-order valence-corrected chi connectivity index (χ1v) is 10.8. The molecule has 3 heterocycles. The third-order valence-electron chi connectivity index (χ3n) is 5.18. The Morgan fingerprint density at radius 1 is 1.30 bits per heavy atom. The van der Waals surface area contributed by atoms with Crippen LogP contribution in [0.4, 0.5) is 6.01 Å². The van der Waals surface area contributed by atoms with Crippen molar-refractivity contribution >= 4 is 28.5 Å². The monoisotopic (exact) mass is 430 g/mol. The number of aromatic nitrogens is 2. The number of aromatic hydroxyl groups is 1. The van der Waals surface area contributed by atoms with Crippen molar-refractivity contribution in [2.45, 2.75) is 51.6 Å². The van der Waals surface area contributed by atoms with Crippen molar-refractivity contribution in [3.63, 3.8) is 0 Å². The second-order valence-corrected chi connectivity index (χ2v) is 8.30. The number of halogens is 1. The van der Waals surface area contributed by atoms with Crippen LogP contribution >= 0.6 is 11.6 Å². The molecule has 8 heteroatoms. The minimum Gasteiger partial charge on any atom is -0.507 e. The van der Waals surface area contributed by atoms with Crippen LogP contribution in [0.5, 0.6) is 11.5 Å². The van der Waals surface area contributed by atoms with Crippen molar-refractivity contribution in [2.75, 3.05) is 18.5 Å². The smallest absolute Gasteiger partial charge is 0.295 e. The highest BCUT2D eigenvalue weighted by molar-refractivity contribution is 6.36. The molecule has 30 heavy (non-hydrogen) atoms. The van der Waals surface area contributed by atoms with Gasteiger partial charge in [0.1, 0.15) is 28.5 Å². The maximum absolute atomic E-state index is 10.5. The highest BCUT2D eigenvalue weighted by Gasteiger charge is 2.17. The first kappa shape index (κ1) is 20.8. The third kappa shape index (κ3) is 4.63. The molecule has 0 amide bonds. The maximum Gasteiger partial charge on any atom is 0.295 e. The molecule has 0 radical (unpaired) electrons. The number of benzene rings is 1. The van der Waals surface area contributed by atoms with Gasteiger partial charge in [-0.2, -0.15) is 4.98 Å². The lowest BCUT2D eigenvalue weighted by atomic mass is 10.0. The van der Waals surface area contributed by atoms with Gasteiger partial charge in [0, 0.05) is 23.5 Å². The number of fused-ring (bicyclic) bond motifs is 1. The van der Waals surface area contributed by atoms with Gasteiger partial charge in [-0.05, 0) is 51.8 Å². The molecule has 1 fully saturated rings. The molecule has 160 valence electrons. The fourth-order valence-corrected chi connectivity index (χ4v) is 3.91. The van der Waals surface area contributed by atoms with E-state index in [0.717, 1.165) is 13.0 Å². The summed E-state index contributed by atoms with van der Waals surface area (Å²) in [6.45, 7) is 5.64. The quantitative estimate of drug-likeness (QED) is 0.486. The third-order valence-corrected chi connectivity index (χ3v) is 5.54. The zero-order chi connectivity index (χ0) is 21.1. The van der Waals surface area contributed by atoms with E-state index in [1.807, 2.05) is 13.8 Å². The molecule has 0 saturated carbocycles. The van der Waals surface area contributed by atoms with Gasteiger partial charge in [-0.3, -0.25) is 0 Å². The minimum absolute atomic E-state index is 0.0798. The molecule has 2 aromatic heterocycles. The van der Waals surface area contributed by atoms with Crippen molar-refractivity contribution in [1.82, 2.24) is 15.3 Å². The topological polar surface area (TPSA) is 92.4 Å². The Bertz CT molecular complexity index is 1020. The van der Waals surface area contributed by atoms with E-state index in [-0.39, 0.29) is 11.8 Å². The van der Waals surface area contributed by atoms with Crippen LogP contribution in [0.15, 0.2) is 28.9 Å². The van der Waals surface area contributed by atoms with Gasteiger partial charge in [0.2, 0.25) is 0 Å². The molecule has 1 unspecified atom stereocenters. The van der Waals surface area contributed by atoms with Crippen molar-refractivity contribution in [3.8, 4) is 22.9 Å². The highest BCUT2D eigenvalue weighted by Crippen LogP contribution is 2.37. The second-order valence-electron chi connectivity index (χ2n) is 7.92. The lowest BCUT2D eigenvalue weighted by molar-refractivity contribution is 0.268. The molecule has 7 nitrogen and oxygen atoms in total. The summed E-state index contributed by atoms with van der Waals surface area (Å²) in [6.07, 6.45) is 6.11. The number of hydrogen-bond donors (Lipinski definition) is 3. The van der Waals surface area contributed by atoms with Crippen LogP contribution in [0.3, 0.4) is 0 Å². The van der Waals surface area contributed by atoms with E-state index in [1.54, 1.807) is 18.2 Å². The number of ether oxygens (including phenoxy) is 1. The van der Waals surface area contributed by atoms with Gasteiger partial charge >= 0.3 is 0 Å². The standard InChI is InChI=1S/C22H27ClN4O3/c1-13(2)25-22-27-17(12-30-22)16-11-18(28)15-6-7-19(20(23)21(15)26-16)29-10-8-14-5-3-4-9-24-14/h6-7,11-14,24H,3-5,8-10H2,1-2H3,(H,25,27)(H,26,28). The van der Waals surface area contributed by atoms with Crippen LogP contribution < -0.4 is 15.4 Å². The van der Waals surface area contributed by atoms with Gasteiger partial charge in [-0.1, -0.05) is 18.0 Å². The number of pyridine rings is 1.